The quantitative estimate of drug-likeness (QED) is 0.861. The molecule has 3 amide bonds. The number of carbonyl (C=O) groups excluding carboxylic acids is 2. The molecule has 0 aromatic heterocycles. The average Bonchev–Trinajstić information content (AvgIpc) is 2.56. The first-order valence-corrected chi connectivity index (χ1v) is 7.45. The number of imide groups is 1. The van der Waals surface area contributed by atoms with Crippen LogP contribution in [-0.2, 0) is 17.9 Å². The Morgan fingerprint density at radius 1 is 0.864 bits per heavy atom. The van der Waals surface area contributed by atoms with Crippen molar-refractivity contribution in [1.29, 1.82) is 0 Å². The number of hydrogen-bond donors (Lipinski definition) is 1. The minimum atomic E-state index is -0.502. The van der Waals surface area contributed by atoms with Gasteiger partial charge in [-0.2, -0.15) is 0 Å². The summed E-state index contributed by atoms with van der Waals surface area (Å²) < 4.78 is 0. The van der Waals surface area contributed by atoms with E-state index in [4.69, 9.17) is 11.6 Å². The van der Waals surface area contributed by atoms with Gasteiger partial charge in [-0.25, -0.2) is 4.79 Å². The maximum absolute atomic E-state index is 12.3. The molecular weight excluding hydrogens is 300 g/mol. The van der Waals surface area contributed by atoms with Crippen LogP contribution >= 0.6 is 11.6 Å². The first kappa shape index (κ1) is 16.0. The summed E-state index contributed by atoms with van der Waals surface area (Å²) in [5.41, 5.74) is 1.99. The van der Waals surface area contributed by atoms with E-state index in [1.165, 1.54) is 0 Å². The standard InChI is InChI=1S/C17H17ClN2O2/c18-11-16(21)19-17(22)20(12-14-7-3-1-4-8-14)13-15-9-5-2-6-10-15/h1-10H,11-13H2,(H,19,21,22). The third-order valence-electron chi connectivity index (χ3n) is 3.09. The molecule has 4 nitrogen and oxygen atoms in total. The summed E-state index contributed by atoms with van der Waals surface area (Å²) in [5, 5.41) is 2.29. The molecule has 0 aliphatic heterocycles. The number of amides is 3. The molecule has 0 saturated heterocycles. The third-order valence-corrected chi connectivity index (χ3v) is 3.33. The van der Waals surface area contributed by atoms with Gasteiger partial charge in [-0.1, -0.05) is 60.7 Å². The second kappa shape index (κ2) is 8.20. The minimum absolute atomic E-state index is 0.240. The highest BCUT2D eigenvalue weighted by Crippen LogP contribution is 2.10. The second-order valence-corrected chi connectivity index (χ2v) is 5.08. The molecule has 22 heavy (non-hydrogen) atoms. The molecule has 0 unspecified atom stereocenters. The Hall–Kier alpha value is -2.33. The van der Waals surface area contributed by atoms with Crippen LogP contribution in [0, 0.1) is 0 Å². The van der Waals surface area contributed by atoms with E-state index in [1.54, 1.807) is 4.90 Å². The van der Waals surface area contributed by atoms with E-state index >= 15 is 0 Å². The molecule has 0 aliphatic carbocycles. The number of hydrogen-bond acceptors (Lipinski definition) is 2. The molecule has 5 heteroatoms. The lowest BCUT2D eigenvalue weighted by Gasteiger charge is -2.23. The van der Waals surface area contributed by atoms with Crippen LogP contribution in [0.15, 0.2) is 60.7 Å². The summed E-state index contributed by atoms with van der Waals surface area (Å²) in [6.07, 6.45) is 0. The van der Waals surface area contributed by atoms with E-state index in [9.17, 15) is 9.59 Å². The lowest BCUT2D eigenvalue weighted by atomic mass is 10.2. The maximum Gasteiger partial charge on any atom is 0.324 e. The molecule has 1 N–H and O–H groups in total. The maximum atomic E-state index is 12.3. The molecule has 0 aliphatic rings. The van der Waals surface area contributed by atoms with Crippen molar-refractivity contribution in [1.82, 2.24) is 10.2 Å². The fourth-order valence-electron chi connectivity index (χ4n) is 2.04. The Bertz CT molecular complexity index is 576. The van der Waals surface area contributed by atoms with Gasteiger partial charge in [0.15, 0.2) is 0 Å². The molecule has 114 valence electrons. The summed E-state index contributed by atoms with van der Waals surface area (Å²) in [4.78, 5) is 25.2. The lowest BCUT2D eigenvalue weighted by Crippen LogP contribution is -2.42. The Labute approximate surface area is 134 Å². The van der Waals surface area contributed by atoms with Crippen molar-refractivity contribution in [3.8, 4) is 0 Å². The van der Waals surface area contributed by atoms with Crippen LogP contribution in [0.3, 0.4) is 0 Å². The lowest BCUT2D eigenvalue weighted by molar-refractivity contribution is -0.117. The summed E-state index contributed by atoms with van der Waals surface area (Å²) in [5.74, 6) is -0.742. The Morgan fingerprint density at radius 2 is 1.32 bits per heavy atom. The van der Waals surface area contributed by atoms with Crippen molar-refractivity contribution in [2.75, 3.05) is 5.88 Å². The zero-order chi connectivity index (χ0) is 15.8. The Morgan fingerprint density at radius 3 is 1.73 bits per heavy atom. The fraction of sp³-hybridized carbons (Fsp3) is 0.176. The van der Waals surface area contributed by atoms with Crippen LogP contribution in [0.2, 0.25) is 0 Å². The van der Waals surface area contributed by atoms with Gasteiger partial charge in [-0.05, 0) is 11.1 Å². The topological polar surface area (TPSA) is 49.4 Å². The number of nitrogens with zero attached hydrogens (tertiary/aromatic N) is 1. The van der Waals surface area contributed by atoms with E-state index in [0.717, 1.165) is 11.1 Å². The second-order valence-electron chi connectivity index (χ2n) is 4.81. The highest BCUT2D eigenvalue weighted by atomic mass is 35.5. The van der Waals surface area contributed by atoms with Gasteiger partial charge in [0.2, 0.25) is 5.91 Å². The number of carbonyl (C=O) groups is 2. The molecule has 0 fully saturated rings. The van der Waals surface area contributed by atoms with Crippen LogP contribution in [0.25, 0.3) is 0 Å². The molecule has 2 aromatic rings. The van der Waals surface area contributed by atoms with Crippen LogP contribution in [0.4, 0.5) is 4.79 Å². The molecule has 0 radical (unpaired) electrons. The predicted octanol–water partition coefficient (Wildman–Crippen LogP) is 3.16. The van der Waals surface area contributed by atoms with Crippen LogP contribution in [0.1, 0.15) is 11.1 Å². The van der Waals surface area contributed by atoms with Gasteiger partial charge >= 0.3 is 6.03 Å². The van der Waals surface area contributed by atoms with Gasteiger partial charge in [-0.3, -0.25) is 10.1 Å². The van der Waals surface area contributed by atoms with Gasteiger partial charge < -0.3 is 4.90 Å². The van der Waals surface area contributed by atoms with Crippen molar-refractivity contribution in [3.63, 3.8) is 0 Å². The zero-order valence-corrected chi connectivity index (χ0v) is 12.8. The first-order chi connectivity index (χ1) is 10.7. The van der Waals surface area contributed by atoms with Gasteiger partial charge in [0.05, 0.1) is 0 Å². The van der Waals surface area contributed by atoms with Gasteiger partial charge in [0.1, 0.15) is 5.88 Å². The Balaban J connectivity index is 2.12. The van der Waals surface area contributed by atoms with Crippen molar-refractivity contribution < 1.29 is 9.59 Å². The van der Waals surface area contributed by atoms with Crippen molar-refractivity contribution in [2.24, 2.45) is 0 Å². The van der Waals surface area contributed by atoms with Crippen molar-refractivity contribution >= 4 is 23.5 Å². The largest absolute Gasteiger partial charge is 0.324 e. The summed E-state index contributed by atoms with van der Waals surface area (Å²) >= 11 is 5.44. The molecule has 2 rings (SSSR count). The molecule has 0 heterocycles. The monoisotopic (exact) mass is 316 g/mol. The predicted molar refractivity (Wildman–Crippen MR) is 86.4 cm³/mol. The number of halogens is 1. The van der Waals surface area contributed by atoms with Crippen molar-refractivity contribution in [2.45, 2.75) is 13.1 Å². The van der Waals surface area contributed by atoms with Crippen molar-refractivity contribution in [3.05, 3.63) is 71.8 Å². The average molecular weight is 317 g/mol. The van der Waals surface area contributed by atoms with Crippen LogP contribution < -0.4 is 5.32 Å². The van der Waals surface area contributed by atoms with E-state index < -0.39 is 11.9 Å². The molecule has 0 spiro atoms. The number of urea groups is 1. The highest BCUT2D eigenvalue weighted by Gasteiger charge is 2.16. The van der Waals surface area contributed by atoms with Crippen LogP contribution in [0.5, 0.6) is 0 Å². The molecule has 2 aromatic carbocycles. The molecule has 0 atom stereocenters. The number of benzene rings is 2. The van der Waals surface area contributed by atoms with Crippen LogP contribution in [-0.4, -0.2) is 22.7 Å². The van der Waals surface area contributed by atoms with Gasteiger partial charge in [0, 0.05) is 13.1 Å². The zero-order valence-electron chi connectivity index (χ0n) is 12.0. The minimum Gasteiger partial charge on any atom is -0.316 e. The normalized spacial score (nSPS) is 10.0. The number of rotatable bonds is 5. The van der Waals surface area contributed by atoms with E-state index in [1.807, 2.05) is 60.7 Å². The molecular formula is C17H17ClN2O2. The molecule has 0 bridgehead atoms. The third kappa shape index (κ3) is 4.90. The molecule has 0 saturated carbocycles. The van der Waals surface area contributed by atoms with Gasteiger partial charge in [0.25, 0.3) is 0 Å². The van der Waals surface area contributed by atoms with Gasteiger partial charge in [-0.15, -0.1) is 11.6 Å². The number of nitrogens with one attached hydrogen (secondary N) is 1. The Kier molecular flexibility index (Phi) is 5.98. The number of alkyl halides is 1. The summed E-state index contributed by atoms with van der Waals surface area (Å²) in [6.45, 7) is 0.828. The smallest absolute Gasteiger partial charge is 0.316 e. The SMILES string of the molecule is O=C(CCl)NC(=O)N(Cc1ccccc1)Cc1ccccc1. The highest BCUT2D eigenvalue weighted by molar-refractivity contribution is 6.28. The summed E-state index contributed by atoms with van der Waals surface area (Å²) in [6, 6.07) is 18.8. The fourth-order valence-corrected chi connectivity index (χ4v) is 2.11. The van der Waals surface area contributed by atoms with E-state index in [0.29, 0.717) is 13.1 Å². The first-order valence-electron chi connectivity index (χ1n) is 6.91. The van der Waals surface area contributed by atoms with E-state index in [2.05, 4.69) is 5.32 Å². The van der Waals surface area contributed by atoms with E-state index in [-0.39, 0.29) is 5.88 Å². The summed E-state index contributed by atoms with van der Waals surface area (Å²) in [7, 11) is 0.